The first-order chi connectivity index (χ1) is 9.33. The number of hydrogen-bond donors (Lipinski definition) is 2. The summed E-state index contributed by atoms with van der Waals surface area (Å²) in [5, 5.41) is 0.161. The minimum absolute atomic E-state index is 0.00732. The van der Waals surface area contributed by atoms with Crippen LogP contribution in [0.3, 0.4) is 0 Å². The van der Waals surface area contributed by atoms with E-state index in [1.54, 1.807) is 18.2 Å². The van der Waals surface area contributed by atoms with Gasteiger partial charge in [-0.25, -0.2) is 13.1 Å². The van der Waals surface area contributed by atoms with Gasteiger partial charge in [-0.3, -0.25) is 0 Å². The summed E-state index contributed by atoms with van der Waals surface area (Å²) in [7, 11) is -3.68. The first kappa shape index (κ1) is 15.6. The maximum Gasteiger partial charge on any atom is 0.244 e. The molecule has 20 heavy (non-hydrogen) atoms. The molecule has 6 heteroatoms. The van der Waals surface area contributed by atoms with Crippen LogP contribution in [0.25, 0.3) is 0 Å². The van der Waals surface area contributed by atoms with Crippen LogP contribution in [-0.4, -0.2) is 14.5 Å². The van der Waals surface area contributed by atoms with Crippen molar-refractivity contribution in [3.05, 3.63) is 23.2 Å². The Morgan fingerprint density at radius 3 is 2.65 bits per heavy atom. The Kier molecular flexibility index (Phi) is 4.62. The lowest BCUT2D eigenvalue weighted by atomic mass is 9.78. The highest BCUT2D eigenvalue weighted by Gasteiger charge is 2.32. The fourth-order valence-electron chi connectivity index (χ4n) is 2.82. The highest BCUT2D eigenvalue weighted by molar-refractivity contribution is 7.89. The van der Waals surface area contributed by atoms with E-state index in [4.69, 9.17) is 17.3 Å². The second kappa shape index (κ2) is 5.92. The van der Waals surface area contributed by atoms with E-state index in [1.807, 2.05) is 0 Å². The largest absolute Gasteiger partial charge is 0.398 e. The van der Waals surface area contributed by atoms with E-state index in [0.29, 0.717) is 11.8 Å². The molecule has 0 heterocycles. The van der Waals surface area contributed by atoms with Gasteiger partial charge in [0, 0.05) is 6.04 Å². The van der Waals surface area contributed by atoms with Crippen LogP contribution in [0.2, 0.25) is 5.02 Å². The Morgan fingerprint density at radius 1 is 1.30 bits per heavy atom. The van der Waals surface area contributed by atoms with Crippen LogP contribution in [-0.2, 0) is 10.0 Å². The third-order valence-corrected chi connectivity index (χ3v) is 6.31. The third kappa shape index (κ3) is 3.10. The maximum absolute atomic E-state index is 12.5. The molecule has 1 aliphatic carbocycles. The van der Waals surface area contributed by atoms with Crippen molar-refractivity contribution in [2.45, 2.75) is 44.0 Å². The van der Waals surface area contributed by atoms with Gasteiger partial charge in [0.05, 0.1) is 10.7 Å². The first-order valence-corrected chi connectivity index (χ1v) is 8.75. The Labute approximate surface area is 125 Å². The SMILES string of the molecule is CC1CCCC(NS(=O)(=O)c2c(N)cccc2Cl)C1C. The smallest absolute Gasteiger partial charge is 0.244 e. The topological polar surface area (TPSA) is 72.2 Å². The van der Waals surface area contributed by atoms with Gasteiger partial charge in [0.1, 0.15) is 4.90 Å². The molecular weight excluding hydrogens is 296 g/mol. The predicted octanol–water partition coefficient (Wildman–Crippen LogP) is 3.03. The molecule has 112 valence electrons. The molecule has 0 aliphatic heterocycles. The van der Waals surface area contributed by atoms with Crippen molar-refractivity contribution >= 4 is 27.3 Å². The highest BCUT2D eigenvalue weighted by atomic mass is 35.5. The zero-order chi connectivity index (χ0) is 14.9. The molecule has 0 spiro atoms. The summed E-state index contributed by atoms with van der Waals surface area (Å²) in [5.41, 5.74) is 5.95. The standard InChI is InChI=1S/C14H21ClN2O2S/c1-9-5-3-8-13(10(9)2)17-20(18,19)14-11(15)6-4-7-12(14)16/h4,6-7,9-10,13,17H,3,5,8,16H2,1-2H3. The van der Waals surface area contributed by atoms with Crippen molar-refractivity contribution in [3.63, 3.8) is 0 Å². The summed E-state index contributed by atoms with van der Waals surface area (Å²) in [6.45, 7) is 4.25. The van der Waals surface area contributed by atoms with Gasteiger partial charge >= 0.3 is 0 Å². The lowest BCUT2D eigenvalue weighted by Crippen LogP contribution is -2.43. The Bertz CT molecular complexity index is 569. The van der Waals surface area contributed by atoms with Crippen molar-refractivity contribution in [3.8, 4) is 0 Å². The van der Waals surface area contributed by atoms with Crippen LogP contribution in [0.4, 0.5) is 5.69 Å². The monoisotopic (exact) mass is 316 g/mol. The molecule has 4 nitrogen and oxygen atoms in total. The number of rotatable bonds is 3. The lowest BCUT2D eigenvalue weighted by Gasteiger charge is -2.34. The van der Waals surface area contributed by atoms with Gasteiger partial charge in [-0.05, 0) is 30.4 Å². The average molecular weight is 317 g/mol. The van der Waals surface area contributed by atoms with E-state index in [0.717, 1.165) is 19.3 Å². The molecule has 1 aliphatic rings. The summed E-state index contributed by atoms with van der Waals surface area (Å²) in [4.78, 5) is -0.00732. The van der Waals surface area contributed by atoms with Crippen molar-refractivity contribution in [1.82, 2.24) is 4.72 Å². The van der Waals surface area contributed by atoms with Crippen LogP contribution < -0.4 is 10.5 Å². The number of hydrogen-bond acceptors (Lipinski definition) is 3. The van der Waals surface area contributed by atoms with Crippen LogP contribution >= 0.6 is 11.6 Å². The zero-order valence-corrected chi connectivity index (χ0v) is 13.3. The molecule has 0 amide bonds. The van der Waals surface area contributed by atoms with Gasteiger partial charge in [0.25, 0.3) is 0 Å². The van der Waals surface area contributed by atoms with Gasteiger partial charge in [0.2, 0.25) is 10.0 Å². The summed E-state index contributed by atoms with van der Waals surface area (Å²) in [6, 6.07) is 4.67. The predicted molar refractivity (Wildman–Crippen MR) is 82.2 cm³/mol. The van der Waals surface area contributed by atoms with E-state index in [-0.39, 0.29) is 21.6 Å². The highest BCUT2D eigenvalue weighted by Crippen LogP contribution is 2.32. The number of sulfonamides is 1. The van der Waals surface area contributed by atoms with Crippen molar-refractivity contribution < 1.29 is 8.42 Å². The summed E-state index contributed by atoms with van der Waals surface area (Å²) in [5.74, 6) is 0.822. The normalized spacial score (nSPS) is 27.4. The molecule has 1 aromatic rings. The molecule has 2 rings (SSSR count). The van der Waals surface area contributed by atoms with Gasteiger partial charge in [0.15, 0.2) is 0 Å². The lowest BCUT2D eigenvalue weighted by molar-refractivity contribution is 0.227. The second-order valence-corrected chi connectivity index (χ2v) is 7.71. The fraction of sp³-hybridized carbons (Fsp3) is 0.571. The van der Waals surface area contributed by atoms with Crippen LogP contribution in [0.15, 0.2) is 23.1 Å². The van der Waals surface area contributed by atoms with Gasteiger partial charge < -0.3 is 5.73 Å². The number of nitrogens with two attached hydrogens (primary N) is 1. The van der Waals surface area contributed by atoms with Crippen molar-refractivity contribution in [2.75, 3.05) is 5.73 Å². The zero-order valence-electron chi connectivity index (χ0n) is 11.8. The molecule has 3 atom stereocenters. The van der Waals surface area contributed by atoms with Crippen molar-refractivity contribution in [2.24, 2.45) is 11.8 Å². The van der Waals surface area contributed by atoms with Crippen LogP contribution in [0, 0.1) is 11.8 Å². The minimum atomic E-state index is -3.68. The van der Waals surface area contributed by atoms with Gasteiger partial charge in [-0.1, -0.05) is 44.4 Å². The molecule has 0 aromatic heterocycles. The molecule has 0 radical (unpaired) electrons. The quantitative estimate of drug-likeness (QED) is 0.842. The molecule has 3 N–H and O–H groups in total. The van der Waals surface area contributed by atoms with Gasteiger partial charge in [-0.15, -0.1) is 0 Å². The molecular formula is C14H21ClN2O2S. The number of benzene rings is 1. The number of halogens is 1. The summed E-state index contributed by atoms with van der Waals surface area (Å²) < 4.78 is 27.8. The number of anilines is 1. The second-order valence-electron chi connectivity index (χ2n) is 5.65. The molecule has 0 bridgehead atoms. The van der Waals surface area contributed by atoms with E-state index in [1.165, 1.54) is 0 Å². The average Bonchev–Trinajstić information content (AvgIpc) is 2.34. The number of nitrogens with one attached hydrogen (secondary N) is 1. The number of nitrogen functional groups attached to an aromatic ring is 1. The Morgan fingerprint density at radius 2 is 2.00 bits per heavy atom. The fourth-order valence-corrected chi connectivity index (χ4v) is 4.85. The Hall–Kier alpha value is -0.780. The third-order valence-electron chi connectivity index (χ3n) is 4.28. The van der Waals surface area contributed by atoms with Crippen LogP contribution in [0.5, 0.6) is 0 Å². The molecule has 1 aromatic carbocycles. The van der Waals surface area contributed by atoms with E-state index < -0.39 is 10.0 Å². The minimum Gasteiger partial charge on any atom is -0.398 e. The molecule has 1 saturated carbocycles. The van der Waals surface area contributed by atoms with Crippen molar-refractivity contribution in [1.29, 1.82) is 0 Å². The molecule has 1 fully saturated rings. The van der Waals surface area contributed by atoms with E-state index in [9.17, 15) is 8.42 Å². The van der Waals surface area contributed by atoms with Gasteiger partial charge in [-0.2, -0.15) is 0 Å². The van der Waals surface area contributed by atoms with E-state index in [2.05, 4.69) is 18.6 Å². The first-order valence-electron chi connectivity index (χ1n) is 6.89. The summed E-state index contributed by atoms with van der Waals surface area (Å²) in [6.07, 6.45) is 3.04. The Balaban J connectivity index is 2.28. The maximum atomic E-state index is 12.5. The summed E-state index contributed by atoms with van der Waals surface area (Å²) >= 11 is 6.00. The van der Waals surface area contributed by atoms with E-state index >= 15 is 0 Å². The molecule has 0 saturated heterocycles. The molecule has 3 unspecified atom stereocenters. The van der Waals surface area contributed by atoms with Crippen LogP contribution in [0.1, 0.15) is 33.1 Å².